The van der Waals surface area contributed by atoms with Crippen LogP contribution in [0.3, 0.4) is 0 Å². The number of aromatic nitrogens is 2. The lowest BCUT2D eigenvalue weighted by Gasteiger charge is -2.11. The van der Waals surface area contributed by atoms with Crippen LogP contribution >= 0.6 is 0 Å². The second-order valence-electron chi connectivity index (χ2n) is 3.71. The average Bonchev–Trinajstić information content (AvgIpc) is 2.61. The summed E-state index contributed by atoms with van der Waals surface area (Å²) in [7, 11) is -2.94. The van der Waals surface area contributed by atoms with Crippen LogP contribution in [0.5, 0.6) is 0 Å². The van der Waals surface area contributed by atoms with E-state index in [1.807, 2.05) is 6.92 Å². The van der Waals surface area contributed by atoms with Crippen molar-refractivity contribution in [3.05, 3.63) is 11.7 Å². The quantitative estimate of drug-likeness (QED) is 0.777. The lowest BCUT2D eigenvalue weighted by atomic mass is 10.4. The molecule has 1 aromatic rings. The van der Waals surface area contributed by atoms with Gasteiger partial charge in [0.2, 0.25) is 5.89 Å². The molecule has 0 fully saturated rings. The van der Waals surface area contributed by atoms with Gasteiger partial charge in [-0.2, -0.15) is 4.98 Å². The van der Waals surface area contributed by atoms with Crippen molar-refractivity contribution in [2.75, 3.05) is 11.5 Å². The number of aryl methyl sites for hydroxylation is 1. The first-order chi connectivity index (χ1) is 7.43. The molecule has 0 spiro atoms. The number of hydrogen-bond donors (Lipinski definition) is 1. The zero-order valence-corrected chi connectivity index (χ0v) is 10.5. The van der Waals surface area contributed by atoms with E-state index in [-0.39, 0.29) is 17.5 Å². The van der Waals surface area contributed by atoms with Crippen LogP contribution in [0.2, 0.25) is 0 Å². The summed E-state index contributed by atoms with van der Waals surface area (Å²) in [6.45, 7) is 5.59. The van der Waals surface area contributed by atoms with Gasteiger partial charge in [0.25, 0.3) is 0 Å². The van der Waals surface area contributed by atoms with Crippen molar-refractivity contribution in [1.29, 1.82) is 0 Å². The second kappa shape index (κ2) is 5.40. The van der Waals surface area contributed by atoms with Crippen LogP contribution in [-0.4, -0.2) is 36.1 Å². The molecule has 1 atom stereocenters. The molecule has 0 aliphatic heterocycles. The minimum Gasteiger partial charge on any atom is -0.340 e. The van der Waals surface area contributed by atoms with Crippen molar-refractivity contribution < 1.29 is 12.9 Å². The van der Waals surface area contributed by atoms with Gasteiger partial charge in [0.1, 0.15) is 0 Å². The third-order valence-corrected chi connectivity index (χ3v) is 4.01. The van der Waals surface area contributed by atoms with Crippen LogP contribution < -0.4 is 5.32 Å². The molecule has 0 aliphatic rings. The van der Waals surface area contributed by atoms with E-state index in [0.717, 1.165) is 0 Å². The molecule has 0 amide bonds. The minimum absolute atomic E-state index is 0.122. The Kier molecular flexibility index (Phi) is 4.43. The molecule has 6 nitrogen and oxygen atoms in total. The summed E-state index contributed by atoms with van der Waals surface area (Å²) in [5, 5.41) is 6.74. The molecule has 0 saturated heterocycles. The molecule has 1 rings (SSSR count). The van der Waals surface area contributed by atoms with Crippen molar-refractivity contribution in [2.45, 2.75) is 33.4 Å². The summed E-state index contributed by atoms with van der Waals surface area (Å²) in [4.78, 5) is 4.01. The zero-order valence-electron chi connectivity index (χ0n) is 9.73. The van der Waals surface area contributed by atoms with E-state index in [4.69, 9.17) is 4.52 Å². The number of nitrogens with one attached hydrogen (secondary N) is 1. The highest BCUT2D eigenvalue weighted by molar-refractivity contribution is 7.91. The van der Waals surface area contributed by atoms with Crippen LogP contribution in [0.25, 0.3) is 0 Å². The fraction of sp³-hybridized carbons (Fsp3) is 0.778. The van der Waals surface area contributed by atoms with E-state index in [1.165, 1.54) is 0 Å². The van der Waals surface area contributed by atoms with Crippen LogP contribution in [0, 0.1) is 6.92 Å². The predicted octanol–water partition coefficient (Wildman–Crippen LogP) is 0.291. The topological polar surface area (TPSA) is 85.1 Å². The fourth-order valence-electron chi connectivity index (χ4n) is 1.24. The van der Waals surface area contributed by atoms with Gasteiger partial charge >= 0.3 is 0 Å². The molecule has 1 N–H and O–H groups in total. The van der Waals surface area contributed by atoms with Crippen molar-refractivity contribution in [1.82, 2.24) is 15.5 Å². The van der Waals surface area contributed by atoms with Gasteiger partial charge in [-0.05, 0) is 6.92 Å². The first kappa shape index (κ1) is 13.1. The lowest BCUT2D eigenvalue weighted by molar-refractivity contribution is 0.384. The van der Waals surface area contributed by atoms with Gasteiger partial charge < -0.3 is 9.84 Å². The van der Waals surface area contributed by atoms with E-state index in [2.05, 4.69) is 15.5 Å². The normalized spacial score (nSPS) is 13.9. The summed E-state index contributed by atoms with van der Waals surface area (Å²) < 4.78 is 27.5. The van der Waals surface area contributed by atoms with Crippen molar-refractivity contribution in [3.63, 3.8) is 0 Å². The van der Waals surface area contributed by atoms with E-state index in [1.54, 1.807) is 13.8 Å². The van der Waals surface area contributed by atoms with E-state index in [0.29, 0.717) is 18.3 Å². The van der Waals surface area contributed by atoms with Crippen LogP contribution in [0.1, 0.15) is 25.6 Å². The number of rotatable bonds is 6. The third-order valence-electron chi connectivity index (χ3n) is 2.12. The van der Waals surface area contributed by atoms with Crippen LogP contribution in [-0.2, 0) is 16.4 Å². The monoisotopic (exact) mass is 247 g/mol. The van der Waals surface area contributed by atoms with Gasteiger partial charge in [0.15, 0.2) is 15.7 Å². The van der Waals surface area contributed by atoms with E-state index < -0.39 is 9.84 Å². The summed E-state index contributed by atoms with van der Waals surface area (Å²) in [6.07, 6.45) is 0. The Bertz CT molecular complexity index is 427. The van der Waals surface area contributed by atoms with Gasteiger partial charge in [-0.25, -0.2) is 8.42 Å². The lowest BCUT2D eigenvalue weighted by Crippen LogP contribution is -2.33. The van der Waals surface area contributed by atoms with Gasteiger partial charge in [-0.1, -0.05) is 12.1 Å². The van der Waals surface area contributed by atoms with Crippen LogP contribution in [0.4, 0.5) is 0 Å². The average molecular weight is 247 g/mol. The summed E-state index contributed by atoms with van der Waals surface area (Å²) >= 11 is 0. The van der Waals surface area contributed by atoms with Crippen molar-refractivity contribution in [3.8, 4) is 0 Å². The summed E-state index contributed by atoms with van der Waals surface area (Å²) in [5.74, 6) is 1.34. The minimum atomic E-state index is -2.94. The van der Waals surface area contributed by atoms with Gasteiger partial charge in [0.05, 0.1) is 12.3 Å². The maximum atomic E-state index is 11.3. The molecule has 0 radical (unpaired) electrons. The van der Waals surface area contributed by atoms with Crippen molar-refractivity contribution >= 4 is 9.84 Å². The standard InChI is InChI=1S/C9H17N3O3S/c1-4-16(13,14)6-7(2)10-5-9-11-8(3)15-12-9/h7,10H,4-6H2,1-3H3. The van der Waals surface area contributed by atoms with E-state index in [9.17, 15) is 8.42 Å². The molecular formula is C9H17N3O3S. The fourth-order valence-corrected chi connectivity index (χ4v) is 2.35. The Morgan fingerprint density at radius 2 is 2.19 bits per heavy atom. The predicted molar refractivity (Wildman–Crippen MR) is 59.7 cm³/mol. The Morgan fingerprint density at radius 3 is 2.69 bits per heavy atom. The van der Waals surface area contributed by atoms with Crippen molar-refractivity contribution in [2.24, 2.45) is 0 Å². The highest BCUT2D eigenvalue weighted by atomic mass is 32.2. The van der Waals surface area contributed by atoms with Gasteiger partial charge in [-0.3, -0.25) is 0 Å². The highest BCUT2D eigenvalue weighted by Crippen LogP contribution is 1.98. The molecule has 0 aromatic carbocycles. The largest absolute Gasteiger partial charge is 0.340 e. The number of sulfone groups is 1. The van der Waals surface area contributed by atoms with Gasteiger partial charge in [0, 0.05) is 18.7 Å². The summed E-state index contributed by atoms with van der Waals surface area (Å²) in [6, 6.07) is -0.122. The molecular weight excluding hydrogens is 230 g/mol. The second-order valence-corrected chi connectivity index (χ2v) is 6.11. The molecule has 1 heterocycles. The first-order valence-electron chi connectivity index (χ1n) is 5.16. The van der Waals surface area contributed by atoms with Gasteiger partial charge in [-0.15, -0.1) is 0 Å². The molecule has 7 heteroatoms. The maximum absolute atomic E-state index is 11.3. The molecule has 0 saturated carbocycles. The summed E-state index contributed by atoms with van der Waals surface area (Å²) in [5.41, 5.74) is 0. The Hall–Kier alpha value is -0.950. The number of hydrogen-bond acceptors (Lipinski definition) is 6. The Morgan fingerprint density at radius 1 is 1.50 bits per heavy atom. The van der Waals surface area contributed by atoms with Crippen LogP contribution in [0.15, 0.2) is 4.52 Å². The molecule has 1 unspecified atom stereocenters. The first-order valence-corrected chi connectivity index (χ1v) is 6.98. The third kappa shape index (κ3) is 4.28. The zero-order chi connectivity index (χ0) is 12.2. The molecule has 0 bridgehead atoms. The number of nitrogens with zero attached hydrogens (tertiary/aromatic N) is 2. The Labute approximate surface area is 95.3 Å². The molecule has 92 valence electrons. The van der Waals surface area contributed by atoms with E-state index >= 15 is 0 Å². The molecule has 0 aliphatic carbocycles. The molecule has 16 heavy (non-hydrogen) atoms. The highest BCUT2D eigenvalue weighted by Gasteiger charge is 2.13. The SMILES string of the molecule is CCS(=O)(=O)CC(C)NCc1noc(C)n1. The Balaban J connectivity index is 2.39. The molecule has 1 aromatic heterocycles. The smallest absolute Gasteiger partial charge is 0.223 e. The maximum Gasteiger partial charge on any atom is 0.223 e.